The molecule has 0 fully saturated rings. The van der Waals surface area contributed by atoms with Crippen LogP contribution < -0.4 is 21.1 Å². The summed E-state index contributed by atoms with van der Waals surface area (Å²) in [6, 6.07) is 4.59. The Morgan fingerprint density at radius 1 is 1.19 bits per heavy atom. The highest BCUT2D eigenvalue weighted by atomic mass is 16.5. The molecule has 1 aliphatic heterocycles. The smallest absolute Gasteiger partial charge is 0.257 e. The van der Waals surface area contributed by atoms with Crippen LogP contribution in [0.4, 0.5) is 17.1 Å². The Bertz CT molecular complexity index is 1230. The topological polar surface area (TPSA) is 99.2 Å². The number of benzene rings is 1. The molecule has 32 heavy (non-hydrogen) atoms. The number of fused-ring (bicyclic) bond motifs is 1. The molecule has 2 aliphatic rings. The van der Waals surface area contributed by atoms with Crippen molar-refractivity contribution in [3.63, 3.8) is 0 Å². The molecule has 2 N–H and O–H groups in total. The van der Waals surface area contributed by atoms with Crippen LogP contribution in [0.1, 0.15) is 37.0 Å². The number of hydrogen-bond acceptors (Lipinski definition) is 7. The maximum atomic E-state index is 12.5. The van der Waals surface area contributed by atoms with Crippen molar-refractivity contribution in [1.29, 1.82) is 0 Å². The minimum absolute atomic E-state index is 0.0296. The molecule has 0 bridgehead atoms. The minimum Gasteiger partial charge on any atom is -0.505 e. The summed E-state index contributed by atoms with van der Waals surface area (Å²) in [5, 5.41) is 13.5. The summed E-state index contributed by atoms with van der Waals surface area (Å²) >= 11 is 0. The first-order valence-corrected chi connectivity index (χ1v) is 10.7. The number of hydrogen-bond donors (Lipinski definition) is 2. The lowest BCUT2D eigenvalue weighted by Crippen LogP contribution is -2.44. The number of nitrogens with one attached hydrogen (secondary N) is 1. The third-order valence-electron chi connectivity index (χ3n) is 6.23. The molecule has 1 unspecified atom stereocenters. The number of phenols is 1. The second-order valence-electron chi connectivity index (χ2n) is 8.32. The van der Waals surface area contributed by atoms with Gasteiger partial charge in [-0.05, 0) is 30.5 Å². The van der Waals surface area contributed by atoms with Crippen LogP contribution in [0, 0.1) is 0 Å². The maximum absolute atomic E-state index is 12.5. The molecule has 8 nitrogen and oxygen atoms in total. The summed E-state index contributed by atoms with van der Waals surface area (Å²) in [7, 11) is 4.96. The predicted octanol–water partition coefficient (Wildman–Crippen LogP) is 2.65. The minimum atomic E-state index is -0.649. The van der Waals surface area contributed by atoms with Crippen molar-refractivity contribution >= 4 is 23.0 Å². The van der Waals surface area contributed by atoms with Gasteiger partial charge in [-0.25, -0.2) is 0 Å². The van der Waals surface area contributed by atoms with Crippen LogP contribution in [-0.2, 0) is 4.74 Å². The SMILES string of the molecule is CCC1=COC2C1=C2[C@@H](CC)N(C)c1c(Nc2cccc(C(=O)N(C)C)c2O)c(=O)c1=O. The van der Waals surface area contributed by atoms with Crippen LogP contribution in [0.5, 0.6) is 5.75 Å². The number of nitrogens with zero attached hydrogens (tertiary/aromatic N) is 2. The van der Waals surface area contributed by atoms with Gasteiger partial charge in [-0.1, -0.05) is 19.9 Å². The number of phenolic OH excluding ortho intramolecular Hbond substituents is 1. The Hall–Kier alpha value is -3.55. The molecule has 0 saturated heterocycles. The second-order valence-corrected chi connectivity index (χ2v) is 8.32. The van der Waals surface area contributed by atoms with Crippen LogP contribution in [0.2, 0.25) is 0 Å². The van der Waals surface area contributed by atoms with E-state index in [-0.39, 0.29) is 46.4 Å². The standard InChI is InChI=1S/C24H27N3O5/c1-6-12-11-32-23-16(12)17(23)15(7-2)27(5)19-18(21(29)22(19)30)25-14-10-8-9-13(20(14)28)24(31)26(3)4/h8-11,15,23,25,28H,6-7H2,1-5H3/t15-,23?/m1/s1. The fraction of sp³-hybridized carbons (Fsp3) is 0.375. The number of amides is 1. The van der Waals surface area contributed by atoms with E-state index in [9.17, 15) is 19.5 Å². The number of carbonyl (C=O) groups excluding carboxylic acids is 1. The van der Waals surface area contributed by atoms with E-state index >= 15 is 0 Å². The van der Waals surface area contributed by atoms with E-state index < -0.39 is 10.9 Å². The van der Waals surface area contributed by atoms with Gasteiger partial charge in [0, 0.05) is 32.3 Å². The molecule has 0 saturated carbocycles. The van der Waals surface area contributed by atoms with Crippen molar-refractivity contribution in [3.8, 4) is 5.75 Å². The largest absolute Gasteiger partial charge is 0.505 e. The molecule has 1 aliphatic carbocycles. The van der Waals surface area contributed by atoms with Crippen LogP contribution in [0.15, 0.2) is 50.8 Å². The van der Waals surface area contributed by atoms with Gasteiger partial charge in [-0.2, -0.15) is 0 Å². The van der Waals surface area contributed by atoms with Crippen molar-refractivity contribution in [2.24, 2.45) is 0 Å². The second kappa shape index (κ2) is 7.85. The number of para-hydroxylation sites is 1. The Kier molecular flexibility index (Phi) is 5.32. The number of aromatic hydroxyl groups is 1. The summed E-state index contributed by atoms with van der Waals surface area (Å²) in [6.45, 7) is 4.10. The third kappa shape index (κ3) is 3.18. The van der Waals surface area contributed by atoms with Crippen molar-refractivity contribution in [2.75, 3.05) is 31.4 Å². The lowest BCUT2D eigenvalue weighted by atomic mass is 10.0. The average molecular weight is 437 g/mol. The Balaban J connectivity index is 1.65. The van der Waals surface area contributed by atoms with E-state index in [1.54, 1.807) is 39.5 Å². The number of anilines is 3. The summed E-state index contributed by atoms with van der Waals surface area (Å²) in [4.78, 5) is 40.4. The number of likely N-dealkylation sites (N-methyl/N-ethyl adjacent to an activating group) is 1. The van der Waals surface area contributed by atoms with E-state index in [2.05, 4.69) is 12.2 Å². The van der Waals surface area contributed by atoms with Gasteiger partial charge in [0.2, 0.25) is 0 Å². The van der Waals surface area contributed by atoms with Gasteiger partial charge in [-0.3, -0.25) is 14.4 Å². The van der Waals surface area contributed by atoms with E-state index in [4.69, 9.17) is 4.74 Å². The van der Waals surface area contributed by atoms with Gasteiger partial charge >= 0.3 is 0 Å². The van der Waals surface area contributed by atoms with Crippen molar-refractivity contribution < 1.29 is 14.6 Å². The number of carbonyl (C=O) groups is 1. The highest BCUT2D eigenvalue weighted by Gasteiger charge is 2.48. The molecule has 0 spiro atoms. The fourth-order valence-corrected chi connectivity index (χ4v) is 4.44. The van der Waals surface area contributed by atoms with Gasteiger partial charge in [0.15, 0.2) is 5.75 Å². The number of ether oxygens (including phenoxy) is 1. The number of rotatable bonds is 8. The van der Waals surface area contributed by atoms with E-state index in [0.717, 1.165) is 18.4 Å². The van der Waals surface area contributed by atoms with Crippen LogP contribution in [-0.4, -0.2) is 49.2 Å². The van der Waals surface area contributed by atoms with Crippen molar-refractivity contribution in [2.45, 2.75) is 38.8 Å². The maximum Gasteiger partial charge on any atom is 0.257 e. The zero-order valence-electron chi connectivity index (χ0n) is 18.9. The lowest BCUT2D eigenvalue weighted by Gasteiger charge is -2.31. The zero-order chi connectivity index (χ0) is 23.3. The molecule has 2 aromatic carbocycles. The van der Waals surface area contributed by atoms with E-state index in [0.29, 0.717) is 0 Å². The van der Waals surface area contributed by atoms with Crippen LogP contribution >= 0.6 is 0 Å². The molecule has 0 aromatic heterocycles. The van der Waals surface area contributed by atoms with E-state index in [1.807, 2.05) is 11.8 Å². The predicted molar refractivity (Wildman–Crippen MR) is 124 cm³/mol. The fourth-order valence-electron chi connectivity index (χ4n) is 4.44. The van der Waals surface area contributed by atoms with Gasteiger partial charge in [0.05, 0.1) is 23.6 Å². The summed E-state index contributed by atoms with van der Waals surface area (Å²) in [5.74, 6) is -0.638. The zero-order valence-corrected chi connectivity index (χ0v) is 18.9. The monoisotopic (exact) mass is 437 g/mol. The lowest BCUT2D eigenvalue weighted by molar-refractivity contribution is 0.0824. The van der Waals surface area contributed by atoms with Gasteiger partial charge < -0.3 is 25.0 Å². The Morgan fingerprint density at radius 2 is 1.91 bits per heavy atom. The molecule has 2 atom stereocenters. The van der Waals surface area contributed by atoms with Crippen LogP contribution in [0.25, 0.3) is 0 Å². The molecule has 8 heteroatoms. The van der Waals surface area contributed by atoms with Crippen LogP contribution in [0.3, 0.4) is 0 Å². The quantitative estimate of drug-likeness (QED) is 0.484. The Labute approximate surface area is 186 Å². The van der Waals surface area contributed by atoms with Crippen molar-refractivity contribution in [3.05, 3.63) is 67.2 Å². The first-order chi connectivity index (χ1) is 15.2. The molecular formula is C24H27N3O5. The normalized spacial score (nSPS) is 17.5. The summed E-state index contributed by atoms with van der Waals surface area (Å²) in [5.41, 5.74) is 2.98. The van der Waals surface area contributed by atoms with Crippen molar-refractivity contribution in [1.82, 2.24) is 4.90 Å². The molecule has 1 heterocycles. The average Bonchev–Trinajstić information content (AvgIpc) is 3.30. The van der Waals surface area contributed by atoms with Gasteiger partial charge in [-0.15, -0.1) is 0 Å². The highest BCUT2D eigenvalue weighted by molar-refractivity contribution is 5.99. The highest BCUT2D eigenvalue weighted by Crippen LogP contribution is 2.50. The van der Waals surface area contributed by atoms with Gasteiger partial charge in [0.25, 0.3) is 16.8 Å². The Morgan fingerprint density at radius 3 is 2.53 bits per heavy atom. The molecular weight excluding hydrogens is 410 g/mol. The molecule has 168 valence electrons. The first kappa shape index (κ1) is 21.7. The first-order valence-electron chi connectivity index (χ1n) is 10.7. The van der Waals surface area contributed by atoms with Gasteiger partial charge in [0.1, 0.15) is 17.5 Å². The third-order valence-corrected chi connectivity index (χ3v) is 6.23. The molecule has 2 aromatic rings. The molecule has 0 radical (unpaired) electrons. The summed E-state index contributed by atoms with van der Waals surface area (Å²) < 4.78 is 5.73. The molecule has 4 rings (SSSR count). The van der Waals surface area contributed by atoms with E-state index in [1.165, 1.54) is 22.1 Å². The molecule has 1 amide bonds. The summed E-state index contributed by atoms with van der Waals surface area (Å²) in [6.07, 6.45) is 3.38.